The van der Waals surface area contributed by atoms with E-state index < -0.39 is 0 Å². The molecule has 2 rings (SSSR count). The minimum absolute atomic E-state index is 0.120. The van der Waals surface area contributed by atoms with E-state index >= 15 is 0 Å². The molecular formula is C17H26N2O2. The lowest BCUT2D eigenvalue weighted by Gasteiger charge is -2.37. The van der Waals surface area contributed by atoms with Crippen LogP contribution in [-0.2, 0) is 0 Å². The van der Waals surface area contributed by atoms with Crippen molar-refractivity contribution in [3.05, 3.63) is 29.8 Å². The van der Waals surface area contributed by atoms with Crippen LogP contribution in [0.3, 0.4) is 0 Å². The summed E-state index contributed by atoms with van der Waals surface area (Å²) >= 11 is 0. The summed E-state index contributed by atoms with van der Waals surface area (Å²) in [7, 11) is 0. The molecule has 0 atom stereocenters. The Morgan fingerprint density at radius 1 is 1.00 bits per heavy atom. The van der Waals surface area contributed by atoms with Crippen LogP contribution in [0, 0.1) is 0 Å². The van der Waals surface area contributed by atoms with Crippen molar-refractivity contribution < 1.29 is 9.53 Å². The Hall–Kier alpha value is -1.55. The molecule has 0 aromatic heterocycles. The molecule has 0 aliphatic carbocycles. The molecule has 116 valence electrons. The first-order chi connectivity index (χ1) is 9.97. The summed E-state index contributed by atoms with van der Waals surface area (Å²) in [6.45, 7) is 11.9. The van der Waals surface area contributed by atoms with Crippen molar-refractivity contribution >= 4 is 5.91 Å². The summed E-state index contributed by atoms with van der Waals surface area (Å²) in [6.07, 6.45) is 0.149. The second-order valence-corrected chi connectivity index (χ2v) is 6.11. The lowest BCUT2D eigenvalue weighted by atomic mass is 10.1. The van der Waals surface area contributed by atoms with Gasteiger partial charge in [-0.05, 0) is 52.0 Å². The number of nitrogens with zero attached hydrogens (tertiary/aromatic N) is 2. The van der Waals surface area contributed by atoms with Crippen molar-refractivity contribution in [3.8, 4) is 5.75 Å². The lowest BCUT2D eigenvalue weighted by molar-refractivity contribution is 0.0595. The van der Waals surface area contributed by atoms with Crippen LogP contribution in [0.4, 0.5) is 0 Å². The minimum Gasteiger partial charge on any atom is -0.491 e. The maximum absolute atomic E-state index is 12.5. The van der Waals surface area contributed by atoms with Gasteiger partial charge in [-0.2, -0.15) is 0 Å². The molecule has 1 aromatic carbocycles. The van der Waals surface area contributed by atoms with Crippen molar-refractivity contribution in [2.24, 2.45) is 0 Å². The Morgan fingerprint density at radius 3 is 2.05 bits per heavy atom. The van der Waals surface area contributed by atoms with Gasteiger partial charge in [-0.1, -0.05) is 0 Å². The molecule has 1 saturated heterocycles. The van der Waals surface area contributed by atoms with Gasteiger partial charge in [0.1, 0.15) is 5.75 Å². The standard InChI is InChI=1S/C17H26N2O2/c1-13(2)18-9-11-19(12-10-18)17(20)15-5-7-16(8-6-15)21-14(3)4/h5-8,13-14H,9-12H2,1-4H3. The van der Waals surface area contributed by atoms with E-state index in [0.29, 0.717) is 6.04 Å². The van der Waals surface area contributed by atoms with E-state index in [4.69, 9.17) is 4.74 Å². The Labute approximate surface area is 127 Å². The predicted molar refractivity (Wildman–Crippen MR) is 84.8 cm³/mol. The Morgan fingerprint density at radius 2 is 1.57 bits per heavy atom. The number of benzene rings is 1. The number of hydrogen-bond acceptors (Lipinski definition) is 3. The summed E-state index contributed by atoms with van der Waals surface area (Å²) < 4.78 is 5.60. The molecule has 1 aromatic rings. The minimum atomic E-state index is 0.120. The van der Waals surface area contributed by atoms with Gasteiger partial charge < -0.3 is 9.64 Å². The van der Waals surface area contributed by atoms with Gasteiger partial charge in [0.15, 0.2) is 0 Å². The van der Waals surface area contributed by atoms with Crippen LogP contribution in [0.2, 0.25) is 0 Å². The second kappa shape index (κ2) is 6.94. The Kier molecular flexibility index (Phi) is 5.23. The summed E-state index contributed by atoms with van der Waals surface area (Å²) in [5.41, 5.74) is 0.740. The van der Waals surface area contributed by atoms with Gasteiger partial charge in [0.05, 0.1) is 6.10 Å². The van der Waals surface area contributed by atoms with E-state index in [0.717, 1.165) is 37.5 Å². The molecule has 21 heavy (non-hydrogen) atoms. The summed E-state index contributed by atoms with van der Waals surface area (Å²) in [5.74, 6) is 0.931. The third-order valence-corrected chi connectivity index (χ3v) is 3.80. The molecular weight excluding hydrogens is 264 g/mol. The normalized spacial score (nSPS) is 16.6. The van der Waals surface area contributed by atoms with Crippen LogP contribution in [-0.4, -0.2) is 54.0 Å². The van der Waals surface area contributed by atoms with E-state index in [1.54, 1.807) is 0 Å². The average Bonchev–Trinajstić information content (AvgIpc) is 2.47. The smallest absolute Gasteiger partial charge is 0.253 e. The highest BCUT2D eigenvalue weighted by atomic mass is 16.5. The zero-order valence-corrected chi connectivity index (χ0v) is 13.5. The van der Waals surface area contributed by atoms with Crippen molar-refractivity contribution in [3.63, 3.8) is 0 Å². The first kappa shape index (κ1) is 15.8. The Bertz CT molecular complexity index is 460. The number of ether oxygens (including phenoxy) is 1. The number of carbonyl (C=O) groups excluding carboxylic acids is 1. The predicted octanol–water partition coefficient (Wildman–Crippen LogP) is 2.64. The van der Waals surface area contributed by atoms with Gasteiger partial charge in [0, 0.05) is 37.8 Å². The number of rotatable bonds is 4. The Balaban J connectivity index is 1.94. The fraction of sp³-hybridized carbons (Fsp3) is 0.588. The van der Waals surface area contributed by atoms with Crippen molar-refractivity contribution in [2.75, 3.05) is 26.2 Å². The second-order valence-electron chi connectivity index (χ2n) is 6.11. The van der Waals surface area contributed by atoms with Crippen molar-refractivity contribution in [2.45, 2.75) is 39.8 Å². The van der Waals surface area contributed by atoms with Crippen LogP contribution >= 0.6 is 0 Å². The average molecular weight is 290 g/mol. The monoisotopic (exact) mass is 290 g/mol. The lowest BCUT2D eigenvalue weighted by Crippen LogP contribution is -2.50. The van der Waals surface area contributed by atoms with Crippen LogP contribution in [0.25, 0.3) is 0 Å². The summed E-state index contributed by atoms with van der Waals surface area (Å²) in [4.78, 5) is 16.8. The van der Waals surface area contributed by atoms with Crippen molar-refractivity contribution in [1.82, 2.24) is 9.80 Å². The molecule has 0 bridgehead atoms. The molecule has 0 saturated carbocycles. The van der Waals surface area contributed by atoms with E-state index in [-0.39, 0.29) is 12.0 Å². The molecule has 1 heterocycles. The number of amides is 1. The van der Waals surface area contributed by atoms with Crippen molar-refractivity contribution in [1.29, 1.82) is 0 Å². The summed E-state index contributed by atoms with van der Waals surface area (Å²) in [6, 6.07) is 8.01. The SMILES string of the molecule is CC(C)Oc1ccc(C(=O)N2CCN(C(C)C)CC2)cc1. The van der Waals surface area contributed by atoms with Gasteiger partial charge in [-0.25, -0.2) is 0 Å². The number of hydrogen-bond donors (Lipinski definition) is 0. The van der Waals surface area contributed by atoms with E-state index in [2.05, 4.69) is 18.7 Å². The third-order valence-electron chi connectivity index (χ3n) is 3.80. The number of carbonyl (C=O) groups is 1. The number of piperazine rings is 1. The fourth-order valence-corrected chi connectivity index (χ4v) is 2.57. The van der Waals surface area contributed by atoms with Gasteiger partial charge in [-0.15, -0.1) is 0 Å². The van der Waals surface area contributed by atoms with E-state index in [1.807, 2.05) is 43.0 Å². The molecule has 1 fully saturated rings. The molecule has 0 N–H and O–H groups in total. The highest BCUT2D eigenvalue weighted by Gasteiger charge is 2.23. The zero-order chi connectivity index (χ0) is 15.4. The largest absolute Gasteiger partial charge is 0.491 e. The topological polar surface area (TPSA) is 32.8 Å². The fourth-order valence-electron chi connectivity index (χ4n) is 2.57. The molecule has 1 amide bonds. The van der Waals surface area contributed by atoms with Gasteiger partial charge >= 0.3 is 0 Å². The molecule has 1 aliphatic rings. The van der Waals surface area contributed by atoms with Crippen LogP contribution in [0.1, 0.15) is 38.1 Å². The molecule has 1 aliphatic heterocycles. The summed E-state index contributed by atoms with van der Waals surface area (Å²) in [5, 5.41) is 0. The van der Waals surface area contributed by atoms with Gasteiger partial charge in [0.25, 0.3) is 5.91 Å². The third kappa shape index (κ3) is 4.21. The molecule has 4 heteroatoms. The zero-order valence-electron chi connectivity index (χ0n) is 13.5. The molecule has 4 nitrogen and oxygen atoms in total. The van der Waals surface area contributed by atoms with Gasteiger partial charge in [-0.3, -0.25) is 9.69 Å². The highest BCUT2D eigenvalue weighted by Crippen LogP contribution is 2.16. The maximum Gasteiger partial charge on any atom is 0.253 e. The molecule has 0 spiro atoms. The van der Waals surface area contributed by atoms with Gasteiger partial charge in [0.2, 0.25) is 0 Å². The maximum atomic E-state index is 12.5. The van der Waals surface area contributed by atoms with Crippen LogP contribution < -0.4 is 4.74 Å². The molecule has 0 unspecified atom stereocenters. The molecule has 0 radical (unpaired) electrons. The van der Waals surface area contributed by atoms with E-state index in [9.17, 15) is 4.79 Å². The quantitative estimate of drug-likeness (QED) is 0.854. The van der Waals surface area contributed by atoms with E-state index in [1.165, 1.54) is 0 Å². The first-order valence-electron chi connectivity index (χ1n) is 7.77. The van der Waals surface area contributed by atoms with Crippen LogP contribution in [0.5, 0.6) is 5.75 Å². The van der Waals surface area contributed by atoms with Crippen LogP contribution in [0.15, 0.2) is 24.3 Å². The highest BCUT2D eigenvalue weighted by molar-refractivity contribution is 5.94. The first-order valence-corrected chi connectivity index (χ1v) is 7.77.